The molecule has 19 heavy (non-hydrogen) atoms. The molecule has 3 nitrogen and oxygen atoms in total. The first-order valence-electron chi connectivity index (χ1n) is 7.03. The summed E-state index contributed by atoms with van der Waals surface area (Å²) < 4.78 is 5.64. The molecule has 0 saturated carbocycles. The Labute approximate surface area is 113 Å². The van der Waals surface area contributed by atoms with Gasteiger partial charge in [-0.2, -0.15) is 0 Å². The van der Waals surface area contributed by atoms with Gasteiger partial charge in [-0.15, -0.1) is 0 Å². The minimum absolute atomic E-state index is 0.125. The van der Waals surface area contributed by atoms with E-state index in [1.807, 2.05) is 6.92 Å². The van der Waals surface area contributed by atoms with Gasteiger partial charge < -0.3 is 10.1 Å². The van der Waals surface area contributed by atoms with Crippen molar-refractivity contribution >= 4 is 11.5 Å². The first-order valence-corrected chi connectivity index (χ1v) is 7.03. The topological polar surface area (TPSA) is 38.3 Å². The van der Waals surface area contributed by atoms with Crippen LogP contribution in [0.1, 0.15) is 36.5 Å². The van der Waals surface area contributed by atoms with Gasteiger partial charge >= 0.3 is 0 Å². The molecule has 0 unspecified atom stereocenters. The van der Waals surface area contributed by atoms with Gasteiger partial charge in [0, 0.05) is 24.9 Å². The summed E-state index contributed by atoms with van der Waals surface area (Å²) in [7, 11) is 0. The number of hydrogen-bond donors (Lipinski definition) is 1. The maximum atomic E-state index is 11.3. The summed E-state index contributed by atoms with van der Waals surface area (Å²) in [5.74, 6) is 1.17. The lowest BCUT2D eigenvalue weighted by atomic mass is 9.95. The Morgan fingerprint density at radius 1 is 1.42 bits per heavy atom. The molecule has 0 aromatic heterocycles. The highest BCUT2D eigenvalue weighted by Gasteiger charge is 2.23. The quantitative estimate of drug-likeness (QED) is 0.900. The lowest BCUT2D eigenvalue weighted by Crippen LogP contribution is -2.23. The molecule has 1 aliphatic heterocycles. The van der Waals surface area contributed by atoms with Crippen LogP contribution in [-0.4, -0.2) is 19.1 Å². The van der Waals surface area contributed by atoms with Gasteiger partial charge in [-0.25, -0.2) is 0 Å². The van der Waals surface area contributed by atoms with Crippen LogP contribution in [0.2, 0.25) is 0 Å². The second-order valence-corrected chi connectivity index (χ2v) is 5.06. The molecule has 0 saturated heterocycles. The fraction of sp³-hybridized carbons (Fsp3) is 0.438. The highest BCUT2D eigenvalue weighted by atomic mass is 16.5. The number of nitrogens with one attached hydrogen (secondary N) is 1. The van der Waals surface area contributed by atoms with Gasteiger partial charge in [-0.05, 0) is 35.6 Å². The summed E-state index contributed by atoms with van der Waals surface area (Å²) in [6.45, 7) is 3.40. The third-order valence-electron chi connectivity index (χ3n) is 3.89. The van der Waals surface area contributed by atoms with Crippen LogP contribution in [-0.2, 0) is 17.6 Å². The van der Waals surface area contributed by atoms with Crippen LogP contribution in [0.15, 0.2) is 18.2 Å². The van der Waals surface area contributed by atoms with Crippen molar-refractivity contribution in [1.82, 2.24) is 5.32 Å². The standard InChI is InChI=1S/C16H19NO2/c1-2-15(18)17-9-7-12-4-3-11-5-6-14-13(16(11)12)8-10-19-14/h4-6H,2-3,7-10H2,1H3,(H,17,18). The zero-order valence-electron chi connectivity index (χ0n) is 11.3. The number of ether oxygens (including phenoxy) is 1. The third kappa shape index (κ3) is 2.25. The molecule has 1 aromatic carbocycles. The summed E-state index contributed by atoms with van der Waals surface area (Å²) in [5.41, 5.74) is 5.53. The van der Waals surface area contributed by atoms with E-state index in [9.17, 15) is 4.79 Å². The Hall–Kier alpha value is -1.77. The fourth-order valence-corrected chi connectivity index (χ4v) is 2.92. The number of benzene rings is 1. The smallest absolute Gasteiger partial charge is 0.219 e. The number of fused-ring (bicyclic) bond motifs is 3. The fourth-order valence-electron chi connectivity index (χ4n) is 2.92. The SMILES string of the molecule is CCC(=O)NCCC1=CCc2ccc3c(c21)CCO3. The van der Waals surface area contributed by atoms with E-state index in [-0.39, 0.29) is 5.91 Å². The first-order chi connectivity index (χ1) is 9.29. The maximum absolute atomic E-state index is 11.3. The van der Waals surface area contributed by atoms with E-state index in [0.717, 1.165) is 38.2 Å². The third-order valence-corrected chi connectivity index (χ3v) is 3.89. The minimum atomic E-state index is 0.125. The average Bonchev–Trinajstić information content (AvgIpc) is 3.03. The molecule has 0 fully saturated rings. The molecule has 1 amide bonds. The molecular formula is C16H19NO2. The Bertz CT molecular complexity index is 546. The number of allylic oxidation sites excluding steroid dienone is 1. The molecule has 0 radical (unpaired) electrons. The molecule has 1 heterocycles. The predicted octanol–water partition coefficient (Wildman–Crippen LogP) is 2.48. The van der Waals surface area contributed by atoms with Gasteiger partial charge in [0.2, 0.25) is 5.91 Å². The number of carbonyl (C=O) groups is 1. The van der Waals surface area contributed by atoms with Gasteiger partial charge in [0.05, 0.1) is 6.61 Å². The minimum Gasteiger partial charge on any atom is -0.493 e. The number of carbonyl (C=O) groups excluding carboxylic acids is 1. The Morgan fingerprint density at radius 3 is 3.16 bits per heavy atom. The highest BCUT2D eigenvalue weighted by Crippen LogP contribution is 2.39. The van der Waals surface area contributed by atoms with Gasteiger partial charge in [0.25, 0.3) is 0 Å². The van der Waals surface area contributed by atoms with Crippen LogP contribution in [0.3, 0.4) is 0 Å². The largest absolute Gasteiger partial charge is 0.493 e. The summed E-state index contributed by atoms with van der Waals surface area (Å²) in [4.78, 5) is 11.3. The molecule has 0 spiro atoms. The summed E-state index contributed by atoms with van der Waals surface area (Å²) in [5, 5.41) is 2.95. The number of hydrogen-bond acceptors (Lipinski definition) is 2. The molecule has 100 valence electrons. The van der Waals surface area contributed by atoms with E-state index in [1.165, 1.54) is 22.3 Å². The summed E-state index contributed by atoms with van der Waals surface area (Å²) in [6.07, 6.45) is 5.78. The van der Waals surface area contributed by atoms with Crippen LogP contribution in [0.5, 0.6) is 5.75 Å². The molecule has 1 aromatic rings. The molecule has 0 bridgehead atoms. The Kier molecular flexibility index (Phi) is 3.28. The molecule has 3 heteroatoms. The van der Waals surface area contributed by atoms with E-state index in [1.54, 1.807) is 0 Å². The molecular weight excluding hydrogens is 238 g/mol. The van der Waals surface area contributed by atoms with Crippen molar-refractivity contribution < 1.29 is 9.53 Å². The molecule has 2 aliphatic rings. The summed E-state index contributed by atoms with van der Waals surface area (Å²) >= 11 is 0. The van der Waals surface area contributed by atoms with Gasteiger partial charge in [-0.3, -0.25) is 4.79 Å². The molecule has 3 rings (SSSR count). The van der Waals surface area contributed by atoms with Crippen LogP contribution >= 0.6 is 0 Å². The second kappa shape index (κ2) is 5.08. The van der Waals surface area contributed by atoms with Gasteiger partial charge in [0.1, 0.15) is 5.75 Å². The maximum Gasteiger partial charge on any atom is 0.219 e. The normalized spacial score (nSPS) is 15.5. The monoisotopic (exact) mass is 257 g/mol. The Balaban J connectivity index is 1.74. The lowest BCUT2D eigenvalue weighted by Gasteiger charge is -2.11. The second-order valence-electron chi connectivity index (χ2n) is 5.06. The van der Waals surface area contributed by atoms with E-state index in [4.69, 9.17) is 4.74 Å². The number of rotatable bonds is 4. The number of amides is 1. The van der Waals surface area contributed by atoms with Crippen molar-refractivity contribution in [3.05, 3.63) is 34.9 Å². The van der Waals surface area contributed by atoms with Crippen molar-refractivity contribution in [2.45, 2.75) is 32.6 Å². The van der Waals surface area contributed by atoms with E-state index in [0.29, 0.717) is 6.42 Å². The van der Waals surface area contributed by atoms with Crippen LogP contribution in [0.4, 0.5) is 0 Å². The van der Waals surface area contributed by atoms with Crippen LogP contribution < -0.4 is 10.1 Å². The van der Waals surface area contributed by atoms with Crippen molar-refractivity contribution in [2.75, 3.05) is 13.2 Å². The van der Waals surface area contributed by atoms with E-state index in [2.05, 4.69) is 23.5 Å². The van der Waals surface area contributed by atoms with Crippen molar-refractivity contribution in [2.24, 2.45) is 0 Å². The van der Waals surface area contributed by atoms with Crippen LogP contribution in [0, 0.1) is 0 Å². The van der Waals surface area contributed by atoms with Crippen molar-refractivity contribution in [3.8, 4) is 5.75 Å². The predicted molar refractivity (Wildman–Crippen MR) is 75.2 cm³/mol. The lowest BCUT2D eigenvalue weighted by molar-refractivity contribution is -0.120. The zero-order valence-corrected chi connectivity index (χ0v) is 11.3. The van der Waals surface area contributed by atoms with Gasteiger partial charge in [0.15, 0.2) is 0 Å². The van der Waals surface area contributed by atoms with Crippen LogP contribution in [0.25, 0.3) is 5.57 Å². The average molecular weight is 257 g/mol. The van der Waals surface area contributed by atoms with E-state index >= 15 is 0 Å². The molecule has 1 N–H and O–H groups in total. The van der Waals surface area contributed by atoms with Gasteiger partial charge in [-0.1, -0.05) is 19.1 Å². The van der Waals surface area contributed by atoms with Crippen molar-refractivity contribution in [1.29, 1.82) is 0 Å². The summed E-state index contributed by atoms with van der Waals surface area (Å²) in [6, 6.07) is 4.27. The Morgan fingerprint density at radius 2 is 2.32 bits per heavy atom. The first kappa shape index (κ1) is 12.3. The highest BCUT2D eigenvalue weighted by molar-refractivity contribution is 5.79. The molecule has 1 aliphatic carbocycles. The molecule has 0 atom stereocenters. The van der Waals surface area contributed by atoms with Crippen molar-refractivity contribution in [3.63, 3.8) is 0 Å². The zero-order chi connectivity index (χ0) is 13.2. The van der Waals surface area contributed by atoms with E-state index < -0.39 is 0 Å².